The van der Waals surface area contributed by atoms with Crippen molar-refractivity contribution in [2.75, 3.05) is 0 Å². The summed E-state index contributed by atoms with van der Waals surface area (Å²) in [7, 11) is 0. The Morgan fingerprint density at radius 1 is 1.33 bits per heavy atom. The molecular formula is C7H13NO4. The number of carboxylic acids is 2. The predicted octanol–water partition coefficient (Wildman–Crippen LogP) is -0.101. The molecule has 0 radical (unpaired) electrons. The van der Waals surface area contributed by atoms with E-state index in [-0.39, 0.29) is 0 Å². The maximum atomic E-state index is 10.4. The van der Waals surface area contributed by atoms with Gasteiger partial charge in [0, 0.05) is 6.04 Å². The quantitative estimate of drug-likeness (QED) is 0.506. The molecule has 0 bridgehead atoms. The lowest BCUT2D eigenvalue weighted by Crippen LogP contribution is -2.40. The first-order valence-corrected chi connectivity index (χ1v) is 3.71. The highest BCUT2D eigenvalue weighted by Gasteiger charge is 2.31. The van der Waals surface area contributed by atoms with E-state index in [1.54, 1.807) is 0 Å². The number of aliphatic carboxylic acids is 2. The molecular weight excluding hydrogens is 162 g/mol. The zero-order valence-electron chi connectivity index (χ0n) is 6.86. The molecule has 0 aliphatic rings. The molecule has 0 aromatic rings. The molecule has 0 aromatic carbocycles. The first-order valence-electron chi connectivity index (χ1n) is 3.71. The summed E-state index contributed by atoms with van der Waals surface area (Å²) in [6, 6.07) is -0.801. The Morgan fingerprint density at radius 3 is 2.00 bits per heavy atom. The number of rotatable bonds is 5. The number of nitrogens with two attached hydrogens (primary N) is 1. The van der Waals surface area contributed by atoms with E-state index in [0.29, 0.717) is 12.8 Å². The fourth-order valence-electron chi connectivity index (χ4n) is 0.972. The van der Waals surface area contributed by atoms with Crippen LogP contribution in [-0.2, 0) is 9.59 Å². The van der Waals surface area contributed by atoms with Gasteiger partial charge in [-0.05, 0) is 6.42 Å². The van der Waals surface area contributed by atoms with Gasteiger partial charge in [-0.1, -0.05) is 13.3 Å². The molecule has 4 N–H and O–H groups in total. The van der Waals surface area contributed by atoms with Crippen molar-refractivity contribution in [1.82, 2.24) is 0 Å². The first kappa shape index (κ1) is 10.9. The summed E-state index contributed by atoms with van der Waals surface area (Å²) in [5.41, 5.74) is 5.37. The molecule has 5 heteroatoms. The van der Waals surface area contributed by atoms with Crippen molar-refractivity contribution >= 4 is 11.9 Å². The van der Waals surface area contributed by atoms with Gasteiger partial charge in [-0.2, -0.15) is 0 Å². The average Bonchev–Trinajstić information content (AvgIpc) is 1.85. The smallest absolute Gasteiger partial charge is 0.319 e. The van der Waals surface area contributed by atoms with Gasteiger partial charge < -0.3 is 15.9 Å². The molecule has 0 aliphatic heterocycles. The molecule has 0 rings (SSSR count). The topological polar surface area (TPSA) is 101 Å². The number of hydrogen-bond acceptors (Lipinski definition) is 3. The Labute approximate surface area is 70.2 Å². The molecule has 0 saturated carbocycles. The van der Waals surface area contributed by atoms with Gasteiger partial charge in [-0.25, -0.2) is 0 Å². The van der Waals surface area contributed by atoms with Crippen LogP contribution >= 0.6 is 0 Å². The first-order chi connectivity index (χ1) is 5.50. The largest absolute Gasteiger partial charge is 0.481 e. The second-order valence-electron chi connectivity index (χ2n) is 2.61. The summed E-state index contributed by atoms with van der Waals surface area (Å²) in [6.45, 7) is 1.82. The number of hydrogen-bond donors (Lipinski definition) is 3. The maximum Gasteiger partial charge on any atom is 0.319 e. The van der Waals surface area contributed by atoms with Crippen LogP contribution < -0.4 is 5.73 Å². The van der Waals surface area contributed by atoms with Crippen LogP contribution in [0.5, 0.6) is 0 Å². The van der Waals surface area contributed by atoms with Gasteiger partial charge in [0.25, 0.3) is 0 Å². The Hall–Kier alpha value is -1.10. The minimum atomic E-state index is -1.48. The van der Waals surface area contributed by atoms with Gasteiger partial charge in [0.15, 0.2) is 5.92 Å². The molecule has 0 heterocycles. The van der Waals surface area contributed by atoms with E-state index in [1.165, 1.54) is 0 Å². The lowest BCUT2D eigenvalue weighted by molar-refractivity contribution is -0.155. The second-order valence-corrected chi connectivity index (χ2v) is 2.61. The van der Waals surface area contributed by atoms with Crippen LogP contribution in [0.4, 0.5) is 0 Å². The van der Waals surface area contributed by atoms with Crippen molar-refractivity contribution < 1.29 is 19.8 Å². The molecule has 1 unspecified atom stereocenters. The van der Waals surface area contributed by atoms with Crippen molar-refractivity contribution in [2.45, 2.75) is 25.8 Å². The fraction of sp³-hybridized carbons (Fsp3) is 0.714. The van der Waals surface area contributed by atoms with E-state index < -0.39 is 23.9 Å². The summed E-state index contributed by atoms with van der Waals surface area (Å²) >= 11 is 0. The third-order valence-electron chi connectivity index (χ3n) is 1.58. The summed E-state index contributed by atoms with van der Waals surface area (Å²) in [4.78, 5) is 20.8. The summed E-state index contributed by atoms with van der Waals surface area (Å²) < 4.78 is 0. The number of carboxylic acid groups (broad SMARTS) is 2. The van der Waals surface area contributed by atoms with Gasteiger partial charge in [0.1, 0.15) is 0 Å². The van der Waals surface area contributed by atoms with Gasteiger partial charge in [-0.3, -0.25) is 9.59 Å². The normalized spacial score (nSPS) is 12.9. The predicted molar refractivity (Wildman–Crippen MR) is 41.6 cm³/mol. The molecule has 0 aromatic heterocycles. The maximum absolute atomic E-state index is 10.4. The van der Waals surface area contributed by atoms with Crippen LogP contribution in [0.2, 0.25) is 0 Å². The highest BCUT2D eigenvalue weighted by atomic mass is 16.4. The van der Waals surface area contributed by atoms with Crippen molar-refractivity contribution in [1.29, 1.82) is 0 Å². The Morgan fingerprint density at radius 2 is 1.75 bits per heavy atom. The minimum absolute atomic E-state index is 0.406. The Bertz CT molecular complexity index is 166. The minimum Gasteiger partial charge on any atom is -0.481 e. The van der Waals surface area contributed by atoms with Crippen molar-refractivity contribution in [3.8, 4) is 0 Å². The lowest BCUT2D eigenvalue weighted by atomic mass is 9.97. The van der Waals surface area contributed by atoms with E-state index in [2.05, 4.69) is 0 Å². The fourth-order valence-corrected chi connectivity index (χ4v) is 0.972. The molecule has 5 nitrogen and oxygen atoms in total. The van der Waals surface area contributed by atoms with Crippen LogP contribution in [0.1, 0.15) is 19.8 Å². The molecule has 0 spiro atoms. The van der Waals surface area contributed by atoms with Crippen LogP contribution in [0.3, 0.4) is 0 Å². The standard InChI is InChI=1S/C7H13NO4/c1-2-3-4(8)5(6(9)10)7(11)12/h4-5H,2-3,8H2,1H3,(H,9,10)(H,11,12). The molecule has 70 valence electrons. The van der Waals surface area contributed by atoms with E-state index in [0.717, 1.165) is 0 Å². The zero-order valence-corrected chi connectivity index (χ0v) is 6.86. The third-order valence-corrected chi connectivity index (χ3v) is 1.58. The van der Waals surface area contributed by atoms with E-state index >= 15 is 0 Å². The lowest BCUT2D eigenvalue weighted by Gasteiger charge is -2.14. The Kier molecular flexibility index (Phi) is 4.28. The SMILES string of the molecule is CCCC(N)C(C(=O)O)C(=O)O. The van der Waals surface area contributed by atoms with E-state index in [9.17, 15) is 9.59 Å². The van der Waals surface area contributed by atoms with E-state index in [4.69, 9.17) is 15.9 Å². The van der Waals surface area contributed by atoms with E-state index in [1.807, 2.05) is 6.92 Å². The molecule has 0 fully saturated rings. The number of carbonyl (C=O) groups is 2. The van der Waals surface area contributed by atoms with Crippen LogP contribution in [0.25, 0.3) is 0 Å². The van der Waals surface area contributed by atoms with Gasteiger partial charge in [-0.15, -0.1) is 0 Å². The Balaban J connectivity index is 4.29. The van der Waals surface area contributed by atoms with Crippen molar-refractivity contribution in [2.24, 2.45) is 11.7 Å². The van der Waals surface area contributed by atoms with Crippen LogP contribution in [-0.4, -0.2) is 28.2 Å². The average molecular weight is 175 g/mol. The highest BCUT2D eigenvalue weighted by Crippen LogP contribution is 2.07. The molecule has 12 heavy (non-hydrogen) atoms. The summed E-state index contributed by atoms with van der Waals surface area (Å²) in [6.07, 6.45) is 1.08. The van der Waals surface area contributed by atoms with Gasteiger partial charge in [0.05, 0.1) is 0 Å². The molecule has 1 atom stereocenters. The van der Waals surface area contributed by atoms with Crippen LogP contribution in [0, 0.1) is 5.92 Å². The van der Waals surface area contributed by atoms with Crippen molar-refractivity contribution in [3.05, 3.63) is 0 Å². The van der Waals surface area contributed by atoms with Gasteiger partial charge >= 0.3 is 11.9 Å². The van der Waals surface area contributed by atoms with Crippen LogP contribution in [0.15, 0.2) is 0 Å². The third kappa shape index (κ3) is 2.87. The zero-order chi connectivity index (χ0) is 9.72. The molecule has 0 aliphatic carbocycles. The summed E-state index contributed by atoms with van der Waals surface area (Å²) in [5.74, 6) is -4.23. The highest BCUT2D eigenvalue weighted by molar-refractivity contribution is 5.93. The molecule has 0 amide bonds. The monoisotopic (exact) mass is 175 g/mol. The van der Waals surface area contributed by atoms with Crippen molar-refractivity contribution in [3.63, 3.8) is 0 Å². The van der Waals surface area contributed by atoms with Gasteiger partial charge in [0.2, 0.25) is 0 Å². The second kappa shape index (κ2) is 4.71. The summed E-state index contributed by atoms with van der Waals surface area (Å²) in [5, 5.41) is 17.0. The molecule has 0 saturated heterocycles.